The van der Waals surface area contributed by atoms with Crippen molar-refractivity contribution in [3.05, 3.63) is 46.5 Å². The molecule has 2 N–H and O–H groups in total. The second kappa shape index (κ2) is 6.15. The van der Waals surface area contributed by atoms with Crippen LogP contribution in [0.25, 0.3) is 5.65 Å². The molecule has 2 aromatic heterocycles. The van der Waals surface area contributed by atoms with Crippen molar-refractivity contribution in [2.75, 3.05) is 6.54 Å². The zero-order valence-corrected chi connectivity index (χ0v) is 12.0. The molecule has 5 heteroatoms. The SMILES string of the molecule is CCC(O)(CC)CNCc1cc(=O)n2ccccc2n1. The molecule has 2 aromatic rings. The van der Waals surface area contributed by atoms with Gasteiger partial charge in [0.25, 0.3) is 5.56 Å². The standard InChI is InChI=1S/C15H21N3O2/c1-3-15(20,4-2)11-16-10-12-9-14(19)18-8-6-5-7-13(18)17-12/h5-9,16,20H,3-4,10-11H2,1-2H3. The van der Waals surface area contributed by atoms with Crippen molar-refractivity contribution in [3.8, 4) is 0 Å². The summed E-state index contributed by atoms with van der Waals surface area (Å²) in [4.78, 5) is 16.3. The number of aliphatic hydroxyl groups is 1. The third-order valence-corrected chi connectivity index (χ3v) is 3.70. The van der Waals surface area contributed by atoms with Crippen molar-refractivity contribution in [2.45, 2.75) is 38.8 Å². The summed E-state index contributed by atoms with van der Waals surface area (Å²) >= 11 is 0. The van der Waals surface area contributed by atoms with Gasteiger partial charge in [0.1, 0.15) is 5.65 Å². The van der Waals surface area contributed by atoms with Gasteiger partial charge in [-0.05, 0) is 25.0 Å². The molecule has 0 aromatic carbocycles. The number of hydrogen-bond acceptors (Lipinski definition) is 4. The van der Waals surface area contributed by atoms with Crippen molar-refractivity contribution < 1.29 is 5.11 Å². The van der Waals surface area contributed by atoms with Crippen LogP contribution < -0.4 is 10.9 Å². The highest BCUT2D eigenvalue weighted by Crippen LogP contribution is 2.12. The molecule has 0 spiro atoms. The molecule has 2 heterocycles. The molecule has 0 fully saturated rings. The van der Waals surface area contributed by atoms with Crippen LogP contribution in [0.2, 0.25) is 0 Å². The number of aromatic nitrogens is 2. The van der Waals surface area contributed by atoms with Crippen LogP contribution in [0.15, 0.2) is 35.3 Å². The van der Waals surface area contributed by atoms with Gasteiger partial charge >= 0.3 is 0 Å². The molecule has 0 atom stereocenters. The maximum absolute atomic E-state index is 11.9. The Morgan fingerprint density at radius 1 is 1.35 bits per heavy atom. The lowest BCUT2D eigenvalue weighted by atomic mass is 9.98. The average molecular weight is 275 g/mol. The Balaban J connectivity index is 2.09. The third kappa shape index (κ3) is 3.23. The summed E-state index contributed by atoms with van der Waals surface area (Å²) in [6.45, 7) is 4.90. The van der Waals surface area contributed by atoms with Gasteiger partial charge < -0.3 is 10.4 Å². The number of hydrogen-bond donors (Lipinski definition) is 2. The van der Waals surface area contributed by atoms with Crippen molar-refractivity contribution in [2.24, 2.45) is 0 Å². The molecule has 0 radical (unpaired) electrons. The first-order valence-corrected chi connectivity index (χ1v) is 6.98. The Bertz CT molecular complexity index is 632. The lowest BCUT2D eigenvalue weighted by Gasteiger charge is -2.25. The summed E-state index contributed by atoms with van der Waals surface area (Å²) in [5.41, 5.74) is 0.550. The largest absolute Gasteiger partial charge is 0.389 e. The van der Waals surface area contributed by atoms with Crippen LogP contribution in [0, 0.1) is 0 Å². The second-order valence-electron chi connectivity index (χ2n) is 5.05. The zero-order valence-electron chi connectivity index (χ0n) is 12.0. The molecule has 0 saturated carbocycles. The van der Waals surface area contributed by atoms with Crippen LogP contribution in [0.1, 0.15) is 32.4 Å². The molecule has 2 rings (SSSR count). The summed E-state index contributed by atoms with van der Waals surface area (Å²) in [6, 6.07) is 6.98. The van der Waals surface area contributed by atoms with Crippen LogP contribution in [0.5, 0.6) is 0 Å². The first-order valence-electron chi connectivity index (χ1n) is 6.98. The van der Waals surface area contributed by atoms with E-state index < -0.39 is 5.60 Å². The van der Waals surface area contributed by atoms with Crippen molar-refractivity contribution in [1.29, 1.82) is 0 Å². The van der Waals surface area contributed by atoms with E-state index in [1.165, 1.54) is 10.5 Å². The van der Waals surface area contributed by atoms with Crippen molar-refractivity contribution in [3.63, 3.8) is 0 Å². The van der Waals surface area contributed by atoms with E-state index in [0.717, 1.165) is 0 Å². The highest BCUT2D eigenvalue weighted by Gasteiger charge is 2.21. The summed E-state index contributed by atoms with van der Waals surface area (Å²) in [5.74, 6) is 0. The molecule has 0 bridgehead atoms. The van der Waals surface area contributed by atoms with E-state index in [-0.39, 0.29) is 5.56 Å². The molecular formula is C15H21N3O2. The van der Waals surface area contributed by atoms with Gasteiger partial charge in [-0.15, -0.1) is 0 Å². The normalized spacial score (nSPS) is 11.9. The fraction of sp³-hybridized carbons (Fsp3) is 0.467. The monoisotopic (exact) mass is 275 g/mol. The maximum Gasteiger partial charge on any atom is 0.258 e. The fourth-order valence-electron chi connectivity index (χ4n) is 2.12. The molecule has 5 nitrogen and oxygen atoms in total. The van der Waals surface area contributed by atoms with Crippen LogP contribution >= 0.6 is 0 Å². The van der Waals surface area contributed by atoms with E-state index >= 15 is 0 Å². The van der Waals surface area contributed by atoms with E-state index in [1.807, 2.05) is 19.9 Å². The van der Waals surface area contributed by atoms with Crippen LogP contribution in [0.3, 0.4) is 0 Å². The van der Waals surface area contributed by atoms with Gasteiger partial charge in [-0.3, -0.25) is 9.20 Å². The molecule has 108 valence electrons. The molecule has 0 unspecified atom stereocenters. The van der Waals surface area contributed by atoms with E-state index in [9.17, 15) is 9.90 Å². The molecule has 0 aliphatic heterocycles. The van der Waals surface area contributed by atoms with E-state index in [2.05, 4.69) is 10.3 Å². The van der Waals surface area contributed by atoms with Gasteiger partial charge in [0.05, 0.1) is 11.3 Å². The Morgan fingerprint density at radius 2 is 2.10 bits per heavy atom. The predicted molar refractivity (Wildman–Crippen MR) is 78.7 cm³/mol. The minimum absolute atomic E-state index is 0.0892. The van der Waals surface area contributed by atoms with Crippen LogP contribution in [-0.2, 0) is 6.54 Å². The van der Waals surface area contributed by atoms with E-state index in [0.29, 0.717) is 37.3 Å². The van der Waals surface area contributed by atoms with E-state index in [1.54, 1.807) is 18.3 Å². The Labute approximate surface area is 118 Å². The van der Waals surface area contributed by atoms with Crippen molar-refractivity contribution in [1.82, 2.24) is 14.7 Å². The summed E-state index contributed by atoms with van der Waals surface area (Å²) in [7, 11) is 0. The fourth-order valence-corrected chi connectivity index (χ4v) is 2.12. The Morgan fingerprint density at radius 3 is 2.80 bits per heavy atom. The number of nitrogens with zero attached hydrogens (tertiary/aromatic N) is 2. The van der Waals surface area contributed by atoms with Gasteiger partial charge in [-0.25, -0.2) is 4.98 Å². The second-order valence-corrected chi connectivity index (χ2v) is 5.05. The Kier molecular flexibility index (Phi) is 4.52. The number of fused-ring (bicyclic) bond motifs is 1. The number of rotatable bonds is 6. The molecule has 0 saturated heterocycles. The smallest absolute Gasteiger partial charge is 0.258 e. The minimum atomic E-state index is -0.689. The molecule has 0 aliphatic rings. The van der Waals surface area contributed by atoms with Gasteiger partial charge in [0, 0.05) is 25.4 Å². The quantitative estimate of drug-likeness (QED) is 0.835. The van der Waals surface area contributed by atoms with E-state index in [4.69, 9.17) is 0 Å². The van der Waals surface area contributed by atoms with Gasteiger partial charge in [-0.2, -0.15) is 0 Å². The van der Waals surface area contributed by atoms with Gasteiger partial charge in [-0.1, -0.05) is 19.9 Å². The molecular weight excluding hydrogens is 254 g/mol. The predicted octanol–water partition coefficient (Wildman–Crippen LogP) is 1.34. The lowest BCUT2D eigenvalue weighted by molar-refractivity contribution is 0.0322. The van der Waals surface area contributed by atoms with Crippen LogP contribution in [0.4, 0.5) is 0 Å². The summed E-state index contributed by atoms with van der Waals surface area (Å²) in [6.07, 6.45) is 3.10. The Hall–Kier alpha value is -1.72. The average Bonchev–Trinajstić information content (AvgIpc) is 2.47. The van der Waals surface area contributed by atoms with Crippen molar-refractivity contribution >= 4 is 5.65 Å². The minimum Gasteiger partial charge on any atom is -0.389 e. The lowest BCUT2D eigenvalue weighted by Crippen LogP contribution is -2.39. The summed E-state index contributed by atoms with van der Waals surface area (Å²) in [5, 5.41) is 13.4. The molecule has 0 aliphatic carbocycles. The zero-order chi connectivity index (χ0) is 14.6. The number of pyridine rings is 1. The topological polar surface area (TPSA) is 66.6 Å². The van der Waals surface area contributed by atoms with Gasteiger partial charge in [0.2, 0.25) is 0 Å². The maximum atomic E-state index is 11.9. The highest BCUT2D eigenvalue weighted by molar-refractivity contribution is 5.37. The highest BCUT2D eigenvalue weighted by atomic mass is 16.3. The molecule has 20 heavy (non-hydrogen) atoms. The number of nitrogens with one attached hydrogen (secondary N) is 1. The first kappa shape index (κ1) is 14.7. The first-order chi connectivity index (χ1) is 9.58. The van der Waals surface area contributed by atoms with Gasteiger partial charge in [0.15, 0.2) is 0 Å². The third-order valence-electron chi connectivity index (χ3n) is 3.70. The summed E-state index contributed by atoms with van der Waals surface area (Å²) < 4.78 is 1.51. The molecule has 0 amide bonds. The van der Waals surface area contributed by atoms with Crippen LogP contribution in [-0.4, -0.2) is 26.6 Å².